The molecule has 0 N–H and O–H groups in total. The maximum atomic E-state index is 8.47. The highest BCUT2D eigenvalue weighted by Crippen LogP contribution is 2.34. The Morgan fingerprint density at radius 2 is 1.61 bits per heavy atom. The first-order chi connectivity index (χ1) is 11.3. The molecule has 2 rings (SSSR count). The summed E-state index contributed by atoms with van der Waals surface area (Å²) in [6.07, 6.45) is 13.9. The van der Waals surface area contributed by atoms with E-state index in [4.69, 9.17) is 5.26 Å². The van der Waals surface area contributed by atoms with Gasteiger partial charge >= 0.3 is 0 Å². The Bertz CT molecular complexity index is 544. The van der Waals surface area contributed by atoms with E-state index in [9.17, 15) is 0 Å². The van der Waals surface area contributed by atoms with Crippen LogP contribution in [-0.2, 0) is 6.42 Å². The van der Waals surface area contributed by atoms with Crippen LogP contribution < -0.4 is 0 Å². The maximum Gasteiger partial charge on any atom is 0.152 e. The zero-order valence-electron chi connectivity index (χ0n) is 14.5. The predicted octanol–water partition coefficient (Wildman–Crippen LogP) is 5.88. The van der Waals surface area contributed by atoms with E-state index >= 15 is 0 Å². The summed E-state index contributed by atoms with van der Waals surface area (Å²) >= 11 is 0. The van der Waals surface area contributed by atoms with E-state index in [1.807, 2.05) is 18.2 Å². The average molecular weight is 307 g/mol. The summed E-state index contributed by atoms with van der Waals surface area (Å²) < 4.78 is 0. The lowest BCUT2D eigenvalue weighted by atomic mass is 9.78. The third-order valence-electron chi connectivity index (χ3n) is 5.24. The number of nitrogens with zero attached hydrogens (tertiary/aromatic N) is 1. The second-order valence-corrected chi connectivity index (χ2v) is 6.98. The lowest BCUT2D eigenvalue weighted by molar-refractivity contribution is 0.249. The van der Waals surface area contributed by atoms with Crippen LogP contribution in [0.5, 0.6) is 0 Å². The van der Waals surface area contributed by atoms with Crippen LogP contribution in [0.3, 0.4) is 0 Å². The van der Waals surface area contributed by atoms with Gasteiger partial charge in [-0.3, -0.25) is 0 Å². The van der Waals surface area contributed by atoms with Crippen molar-refractivity contribution in [3.63, 3.8) is 0 Å². The minimum atomic E-state index is 0.926. The maximum absolute atomic E-state index is 8.47. The minimum Gasteiger partial charge on any atom is -0.183 e. The van der Waals surface area contributed by atoms with Crippen molar-refractivity contribution in [1.82, 2.24) is 0 Å². The van der Waals surface area contributed by atoms with Gasteiger partial charge in [0.2, 0.25) is 0 Å². The van der Waals surface area contributed by atoms with Crippen LogP contribution in [-0.4, -0.2) is 0 Å². The topological polar surface area (TPSA) is 23.8 Å². The van der Waals surface area contributed by atoms with Crippen LogP contribution in [0, 0.1) is 35.0 Å². The Morgan fingerprint density at radius 3 is 2.22 bits per heavy atom. The van der Waals surface area contributed by atoms with E-state index in [1.54, 1.807) is 0 Å². The second-order valence-electron chi connectivity index (χ2n) is 6.98. The molecule has 1 aromatic rings. The fourth-order valence-corrected chi connectivity index (χ4v) is 3.72. The van der Waals surface area contributed by atoms with Gasteiger partial charge in [0, 0.05) is 11.5 Å². The Kier molecular flexibility index (Phi) is 7.75. The number of hydrogen-bond acceptors (Lipinski definition) is 1. The summed E-state index contributed by atoms with van der Waals surface area (Å²) in [5.74, 6) is 7.22. The third kappa shape index (κ3) is 6.50. The Balaban J connectivity index is 1.68. The summed E-state index contributed by atoms with van der Waals surface area (Å²) in [6, 6.07) is 10.3. The third-order valence-corrected chi connectivity index (χ3v) is 5.24. The normalized spacial score (nSPS) is 20.3. The van der Waals surface area contributed by atoms with Crippen molar-refractivity contribution >= 4 is 0 Å². The SMILES string of the molecule is CCCCC[C@H]1CC[C@H](CCc2ccc(C#CC#N)cc2)CC1. The van der Waals surface area contributed by atoms with Crippen LogP contribution in [0.1, 0.15) is 75.8 Å². The number of hydrogen-bond donors (Lipinski definition) is 0. The van der Waals surface area contributed by atoms with Crippen LogP contribution >= 0.6 is 0 Å². The predicted molar refractivity (Wildman–Crippen MR) is 96.8 cm³/mol. The average Bonchev–Trinajstić information content (AvgIpc) is 2.60. The Labute approximate surface area is 142 Å². The lowest BCUT2D eigenvalue weighted by Crippen LogP contribution is -2.15. The minimum absolute atomic E-state index is 0.926. The van der Waals surface area contributed by atoms with Crippen LogP contribution in [0.15, 0.2) is 24.3 Å². The first-order valence-electron chi connectivity index (χ1n) is 9.31. The van der Waals surface area contributed by atoms with Crippen molar-refractivity contribution in [2.75, 3.05) is 0 Å². The van der Waals surface area contributed by atoms with E-state index in [0.717, 1.165) is 17.4 Å². The van der Waals surface area contributed by atoms with Crippen LogP contribution in [0.4, 0.5) is 0 Å². The Morgan fingerprint density at radius 1 is 0.957 bits per heavy atom. The van der Waals surface area contributed by atoms with E-state index in [1.165, 1.54) is 69.8 Å². The molecule has 1 fully saturated rings. The van der Waals surface area contributed by atoms with E-state index in [0.29, 0.717) is 0 Å². The summed E-state index contributed by atoms with van der Waals surface area (Å²) in [5.41, 5.74) is 2.33. The Hall–Kier alpha value is -1.73. The van der Waals surface area contributed by atoms with Gasteiger partial charge in [-0.1, -0.05) is 76.3 Å². The lowest BCUT2D eigenvalue weighted by Gasteiger charge is -2.28. The van der Waals surface area contributed by atoms with Gasteiger partial charge in [0.25, 0.3) is 0 Å². The molecular formula is C22H29N. The van der Waals surface area contributed by atoms with Gasteiger partial charge in [-0.25, -0.2) is 0 Å². The summed E-state index contributed by atoms with van der Waals surface area (Å²) in [5, 5.41) is 8.47. The van der Waals surface area contributed by atoms with Crippen molar-refractivity contribution in [2.45, 2.75) is 71.1 Å². The number of benzene rings is 1. The van der Waals surface area contributed by atoms with Gasteiger partial charge in [0.1, 0.15) is 0 Å². The number of nitriles is 1. The molecule has 23 heavy (non-hydrogen) atoms. The monoisotopic (exact) mass is 307 g/mol. The summed E-state index contributed by atoms with van der Waals surface area (Å²) in [7, 11) is 0. The van der Waals surface area contributed by atoms with Gasteiger partial charge < -0.3 is 0 Å². The zero-order valence-corrected chi connectivity index (χ0v) is 14.5. The van der Waals surface area contributed by atoms with Gasteiger partial charge in [-0.2, -0.15) is 5.26 Å². The van der Waals surface area contributed by atoms with Gasteiger partial charge in [-0.15, -0.1) is 0 Å². The molecular weight excluding hydrogens is 278 g/mol. The summed E-state index contributed by atoms with van der Waals surface area (Å²) in [4.78, 5) is 0. The molecule has 1 aliphatic carbocycles. The molecule has 1 aromatic carbocycles. The molecule has 1 heteroatoms. The fraction of sp³-hybridized carbons (Fsp3) is 0.591. The molecule has 0 heterocycles. The first-order valence-corrected chi connectivity index (χ1v) is 9.31. The largest absolute Gasteiger partial charge is 0.183 e. The molecule has 0 saturated heterocycles. The van der Waals surface area contributed by atoms with E-state index < -0.39 is 0 Å². The molecule has 1 nitrogen and oxygen atoms in total. The highest BCUT2D eigenvalue weighted by molar-refractivity contribution is 5.39. The molecule has 0 radical (unpaired) electrons. The fourth-order valence-electron chi connectivity index (χ4n) is 3.72. The van der Waals surface area contributed by atoms with Gasteiger partial charge in [0.05, 0.1) is 0 Å². The van der Waals surface area contributed by atoms with Crippen molar-refractivity contribution < 1.29 is 0 Å². The van der Waals surface area contributed by atoms with Crippen molar-refractivity contribution in [2.24, 2.45) is 11.8 Å². The molecule has 0 aliphatic heterocycles. The van der Waals surface area contributed by atoms with Crippen molar-refractivity contribution in [3.8, 4) is 17.9 Å². The number of aryl methyl sites for hydroxylation is 1. The molecule has 122 valence electrons. The standard InChI is InChI=1S/C22H29N/c1-2-3-4-6-19-8-12-21(13-9-19)16-17-22-14-10-20(11-15-22)7-5-18-23/h10-11,14-15,19,21H,2-4,6,8-9,12-13,16-17H2,1H3/t19-,21-. The molecule has 0 unspecified atom stereocenters. The zero-order chi connectivity index (χ0) is 16.3. The van der Waals surface area contributed by atoms with Crippen LogP contribution in [0.25, 0.3) is 0 Å². The van der Waals surface area contributed by atoms with Crippen molar-refractivity contribution in [3.05, 3.63) is 35.4 Å². The highest BCUT2D eigenvalue weighted by Gasteiger charge is 2.20. The van der Waals surface area contributed by atoms with Gasteiger partial charge in [-0.05, 0) is 42.4 Å². The molecule has 1 saturated carbocycles. The molecule has 0 aromatic heterocycles. The molecule has 0 amide bonds. The highest BCUT2D eigenvalue weighted by atomic mass is 14.3. The number of rotatable bonds is 7. The van der Waals surface area contributed by atoms with Crippen LogP contribution in [0.2, 0.25) is 0 Å². The van der Waals surface area contributed by atoms with Crippen molar-refractivity contribution in [1.29, 1.82) is 5.26 Å². The first kappa shape index (κ1) is 17.6. The molecule has 0 bridgehead atoms. The molecule has 0 spiro atoms. The summed E-state index contributed by atoms with van der Waals surface area (Å²) in [6.45, 7) is 2.29. The molecule has 0 atom stereocenters. The molecule has 1 aliphatic rings. The second kappa shape index (κ2) is 10.1. The van der Waals surface area contributed by atoms with E-state index in [2.05, 4.69) is 30.9 Å². The smallest absolute Gasteiger partial charge is 0.152 e. The number of unbranched alkanes of at least 4 members (excludes halogenated alkanes) is 2. The van der Waals surface area contributed by atoms with E-state index in [-0.39, 0.29) is 0 Å². The quantitative estimate of drug-likeness (QED) is 0.456. The van der Waals surface area contributed by atoms with Gasteiger partial charge in [0.15, 0.2) is 6.07 Å².